The van der Waals surface area contributed by atoms with Gasteiger partial charge < -0.3 is 0 Å². The van der Waals surface area contributed by atoms with E-state index in [0.29, 0.717) is 67.1 Å². The molecule has 9 heteroatoms. The third-order valence-electron chi connectivity index (χ3n) is 10.4. The van der Waals surface area contributed by atoms with Crippen molar-refractivity contribution in [3.8, 4) is 0 Å². The summed E-state index contributed by atoms with van der Waals surface area (Å²) in [7, 11) is -4.19. The van der Waals surface area contributed by atoms with E-state index in [-0.39, 0.29) is 34.0 Å². The molecule has 0 N–H and O–H groups in total. The molecule has 0 bridgehead atoms. The van der Waals surface area contributed by atoms with E-state index in [9.17, 15) is 27.6 Å². The molecule has 0 fully saturated rings. The summed E-state index contributed by atoms with van der Waals surface area (Å²) in [6.07, 6.45) is 0.907. The molecule has 3 heterocycles. The fourth-order valence-electron chi connectivity index (χ4n) is 8.21. The van der Waals surface area contributed by atoms with Gasteiger partial charge in [0, 0.05) is 56.5 Å². The van der Waals surface area contributed by atoms with Crippen LogP contribution in [0.4, 0.5) is 0 Å². The summed E-state index contributed by atoms with van der Waals surface area (Å²) in [5, 5.41) is 4.09. The number of fused-ring (bicyclic) bond motifs is 1. The zero-order chi connectivity index (χ0) is 33.3. The number of benzene rings is 7. The molecule has 7 aromatic carbocycles. The van der Waals surface area contributed by atoms with Crippen molar-refractivity contribution in [2.24, 2.45) is 0 Å². The molecule has 0 aliphatic carbocycles. The van der Waals surface area contributed by atoms with Crippen molar-refractivity contribution in [2.75, 3.05) is 13.1 Å². The minimum atomic E-state index is -4.19. The van der Waals surface area contributed by atoms with Crippen molar-refractivity contribution < 1.29 is 27.6 Å². The van der Waals surface area contributed by atoms with Crippen LogP contribution in [0.3, 0.4) is 0 Å². The van der Waals surface area contributed by atoms with Gasteiger partial charge in [0.1, 0.15) is 0 Å². The fraction of sp³-hybridized carbons (Fsp3) is 0.100. The predicted molar refractivity (Wildman–Crippen MR) is 184 cm³/mol. The zero-order valence-corrected chi connectivity index (χ0v) is 26.6. The molecule has 236 valence electrons. The molecule has 0 saturated carbocycles. The number of rotatable bonds is 6. The van der Waals surface area contributed by atoms with Gasteiger partial charge in [-0.15, -0.1) is 0 Å². The van der Waals surface area contributed by atoms with E-state index >= 15 is 0 Å². The molecule has 4 amide bonds. The van der Waals surface area contributed by atoms with Gasteiger partial charge in [0.15, 0.2) is 0 Å². The second-order valence-corrected chi connectivity index (χ2v) is 14.8. The molecule has 49 heavy (non-hydrogen) atoms. The van der Waals surface area contributed by atoms with Gasteiger partial charge in [-0.05, 0) is 59.0 Å². The normalized spacial score (nSPS) is 16.1. The lowest BCUT2D eigenvalue weighted by molar-refractivity contribution is 0.0596. The van der Waals surface area contributed by atoms with Gasteiger partial charge >= 0.3 is 0 Å². The number of hydrogen-bond donors (Lipinski definition) is 0. The van der Waals surface area contributed by atoms with Crippen molar-refractivity contribution in [3.63, 3.8) is 0 Å². The number of sulfone groups is 1. The number of nitrogens with zero attached hydrogens (tertiary/aromatic N) is 2. The van der Waals surface area contributed by atoms with Gasteiger partial charge in [0.2, 0.25) is 9.84 Å². The molecular formula is C40H24N2O6S. The SMILES string of the molecule is O=C1c2ccc3c4ccc5c6c(cc7c(c8c(cc(c2c38)C(=O)N1CCc1ccccc1)S7(=O)=O)c64)C(=O)N(CCc1ccccc1)C5=O. The second kappa shape index (κ2) is 9.58. The fourth-order valence-corrected chi connectivity index (χ4v) is 9.93. The van der Waals surface area contributed by atoms with E-state index < -0.39 is 33.5 Å². The van der Waals surface area contributed by atoms with Crippen LogP contribution in [0, 0.1) is 0 Å². The summed E-state index contributed by atoms with van der Waals surface area (Å²) in [5.74, 6) is -1.94. The third-order valence-corrected chi connectivity index (χ3v) is 12.3. The van der Waals surface area contributed by atoms with Crippen LogP contribution >= 0.6 is 0 Å². The molecule has 0 saturated heterocycles. The van der Waals surface area contributed by atoms with Crippen LogP contribution in [-0.2, 0) is 22.7 Å². The smallest absolute Gasteiger partial charge is 0.261 e. The van der Waals surface area contributed by atoms with Gasteiger partial charge in [-0.3, -0.25) is 29.0 Å². The molecule has 0 unspecified atom stereocenters. The standard InChI is InChI=1S/C40H24N2O6S/c43-37-25-13-11-23-24-12-14-26-32-28(40(46)42(38(26)44)18-16-22-9-5-2-6-10-22)20-30-36(34(24)32)35-29(49(30,47)48)19-27(31(25)33(23)35)39(45)41(37)17-15-21-7-3-1-4-8-21/h1-14,19-20H,15-18H2. The van der Waals surface area contributed by atoms with Crippen LogP contribution in [-0.4, -0.2) is 54.9 Å². The van der Waals surface area contributed by atoms with Crippen molar-refractivity contribution in [3.05, 3.63) is 130 Å². The highest BCUT2D eigenvalue weighted by atomic mass is 32.2. The highest BCUT2D eigenvalue weighted by Gasteiger charge is 2.43. The minimum absolute atomic E-state index is 0.0254. The van der Waals surface area contributed by atoms with Gasteiger partial charge in [-0.25, -0.2) is 8.42 Å². The maximum absolute atomic E-state index is 14.5. The average molecular weight is 661 g/mol. The number of imide groups is 2. The lowest BCUT2D eigenvalue weighted by Gasteiger charge is -2.29. The first-order valence-electron chi connectivity index (χ1n) is 16.1. The van der Waals surface area contributed by atoms with Gasteiger partial charge in [0.25, 0.3) is 23.6 Å². The Hall–Kier alpha value is -5.93. The molecule has 0 radical (unpaired) electrons. The first kappa shape index (κ1) is 28.1. The van der Waals surface area contributed by atoms with Crippen LogP contribution < -0.4 is 0 Å². The van der Waals surface area contributed by atoms with Crippen molar-refractivity contribution in [1.29, 1.82) is 0 Å². The predicted octanol–water partition coefficient (Wildman–Crippen LogP) is 6.56. The number of carbonyl (C=O) groups excluding carboxylic acids is 4. The summed E-state index contributed by atoms with van der Waals surface area (Å²) in [6, 6.07) is 28.9. The van der Waals surface area contributed by atoms with Crippen molar-refractivity contribution in [1.82, 2.24) is 9.80 Å². The van der Waals surface area contributed by atoms with Crippen LogP contribution in [0.5, 0.6) is 0 Å². The first-order chi connectivity index (χ1) is 23.8. The molecule has 0 aromatic heterocycles. The van der Waals surface area contributed by atoms with Gasteiger partial charge in [-0.2, -0.15) is 0 Å². The Morgan fingerprint density at radius 2 is 0.816 bits per heavy atom. The van der Waals surface area contributed by atoms with E-state index in [1.54, 1.807) is 24.3 Å². The maximum atomic E-state index is 14.5. The Kier molecular flexibility index (Phi) is 5.50. The van der Waals surface area contributed by atoms with E-state index in [0.717, 1.165) is 11.1 Å². The van der Waals surface area contributed by atoms with Crippen LogP contribution in [0.15, 0.2) is 107 Å². The summed E-state index contributed by atoms with van der Waals surface area (Å²) < 4.78 is 28.9. The molecule has 7 aromatic rings. The van der Waals surface area contributed by atoms with Gasteiger partial charge in [-0.1, -0.05) is 72.8 Å². The van der Waals surface area contributed by atoms with Gasteiger partial charge in [0.05, 0.1) is 20.9 Å². The van der Waals surface area contributed by atoms with E-state index in [1.165, 1.54) is 21.9 Å². The molecule has 3 aliphatic rings. The average Bonchev–Trinajstić information content (AvgIpc) is 3.35. The monoisotopic (exact) mass is 660 g/mol. The van der Waals surface area contributed by atoms with Crippen molar-refractivity contribution >= 4 is 76.6 Å². The maximum Gasteiger partial charge on any atom is 0.261 e. The molecule has 8 nitrogen and oxygen atoms in total. The highest BCUT2D eigenvalue weighted by Crippen LogP contribution is 2.54. The summed E-state index contributed by atoms with van der Waals surface area (Å²) >= 11 is 0. The molecule has 10 rings (SSSR count). The number of amides is 4. The van der Waals surface area contributed by atoms with Crippen LogP contribution in [0.1, 0.15) is 52.6 Å². The Bertz CT molecular complexity index is 2620. The summed E-state index contributed by atoms with van der Waals surface area (Å²) in [6.45, 7) is 0.280. The number of hydrogen-bond acceptors (Lipinski definition) is 6. The summed E-state index contributed by atoms with van der Waals surface area (Å²) in [5.41, 5.74) is 2.93. The first-order valence-corrected chi connectivity index (χ1v) is 17.6. The van der Waals surface area contributed by atoms with Crippen molar-refractivity contribution in [2.45, 2.75) is 22.6 Å². The molecule has 0 spiro atoms. The lowest BCUT2D eigenvalue weighted by Crippen LogP contribution is -2.41. The zero-order valence-electron chi connectivity index (χ0n) is 25.8. The Balaban J connectivity index is 1.19. The second-order valence-electron chi connectivity index (χ2n) is 12.9. The third kappa shape index (κ3) is 3.54. The topological polar surface area (TPSA) is 109 Å². The Morgan fingerprint density at radius 3 is 1.22 bits per heavy atom. The quantitative estimate of drug-likeness (QED) is 0.114. The number of carbonyl (C=O) groups is 4. The van der Waals surface area contributed by atoms with Crippen LogP contribution in [0.2, 0.25) is 0 Å². The summed E-state index contributed by atoms with van der Waals surface area (Å²) in [4.78, 5) is 58.4. The largest absolute Gasteiger partial charge is 0.274 e. The van der Waals surface area contributed by atoms with Crippen LogP contribution in [0.25, 0.3) is 43.1 Å². The van der Waals surface area contributed by atoms with E-state index in [2.05, 4.69) is 0 Å². The molecular weight excluding hydrogens is 637 g/mol. The Morgan fingerprint density at radius 1 is 0.429 bits per heavy atom. The molecule has 3 aliphatic heterocycles. The van der Waals surface area contributed by atoms with E-state index in [4.69, 9.17) is 0 Å². The highest BCUT2D eigenvalue weighted by molar-refractivity contribution is 7.92. The molecule has 0 atom stereocenters. The lowest BCUT2D eigenvalue weighted by atomic mass is 9.82. The Labute approximate surface area is 279 Å². The minimum Gasteiger partial charge on any atom is -0.274 e. The van der Waals surface area contributed by atoms with E-state index in [1.807, 2.05) is 60.7 Å².